The molecule has 146 valence electrons. The Labute approximate surface area is 163 Å². The third-order valence-electron chi connectivity index (χ3n) is 5.14. The van der Waals surface area contributed by atoms with E-state index in [1.165, 1.54) is 31.2 Å². The molecule has 0 fully saturated rings. The van der Waals surface area contributed by atoms with E-state index in [9.17, 15) is 9.90 Å². The summed E-state index contributed by atoms with van der Waals surface area (Å²) in [4.78, 5) is 19.9. The van der Waals surface area contributed by atoms with Crippen molar-refractivity contribution in [1.29, 1.82) is 0 Å². The minimum Gasteiger partial charge on any atom is -0.475 e. The zero-order valence-electron chi connectivity index (χ0n) is 16.9. The smallest absolute Gasteiger partial charge is 0.373 e. The molecule has 0 aliphatic rings. The van der Waals surface area contributed by atoms with E-state index in [0.29, 0.717) is 5.92 Å². The van der Waals surface area contributed by atoms with E-state index in [-0.39, 0.29) is 5.82 Å². The largest absolute Gasteiger partial charge is 0.475 e. The molecule has 1 aromatic carbocycles. The number of carbonyl (C=O) groups is 1. The van der Waals surface area contributed by atoms with Gasteiger partial charge in [-0.2, -0.15) is 0 Å². The van der Waals surface area contributed by atoms with Crippen LogP contribution in [0.1, 0.15) is 81.0 Å². The van der Waals surface area contributed by atoms with Gasteiger partial charge >= 0.3 is 5.97 Å². The fourth-order valence-corrected chi connectivity index (χ4v) is 3.29. The minimum atomic E-state index is -1.08. The molecule has 0 unspecified atom stereocenters. The maximum atomic E-state index is 11.4. The van der Waals surface area contributed by atoms with Crippen molar-refractivity contribution in [2.75, 3.05) is 0 Å². The summed E-state index contributed by atoms with van der Waals surface area (Å²) in [5, 5.41) is 9.35. The van der Waals surface area contributed by atoms with Crippen molar-refractivity contribution in [2.45, 2.75) is 72.1 Å². The van der Waals surface area contributed by atoms with Gasteiger partial charge < -0.3 is 5.11 Å². The first kappa shape index (κ1) is 21.1. The van der Waals surface area contributed by atoms with Crippen LogP contribution in [0.15, 0.2) is 30.5 Å². The topological polar surface area (TPSA) is 63.1 Å². The van der Waals surface area contributed by atoms with Crippen LogP contribution in [-0.4, -0.2) is 21.0 Å². The lowest BCUT2D eigenvalue weighted by molar-refractivity contribution is 0.0683. The molecule has 0 amide bonds. The van der Waals surface area contributed by atoms with Crippen LogP contribution in [-0.2, 0) is 12.8 Å². The van der Waals surface area contributed by atoms with E-state index in [1.54, 1.807) is 6.20 Å². The fraction of sp³-hybridized carbons (Fsp3) is 0.522. The van der Waals surface area contributed by atoms with Gasteiger partial charge in [0.05, 0.1) is 5.69 Å². The van der Waals surface area contributed by atoms with Crippen LogP contribution in [0.2, 0.25) is 0 Å². The number of unbranched alkanes of at least 4 members (excludes halogenated alkanes) is 4. The Bertz CT molecular complexity index is 743. The third kappa shape index (κ3) is 6.16. The van der Waals surface area contributed by atoms with E-state index in [4.69, 9.17) is 0 Å². The van der Waals surface area contributed by atoms with Gasteiger partial charge in [0.25, 0.3) is 0 Å². The molecular formula is C23H32N2O2. The van der Waals surface area contributed by atoms with Crippen LogP contribution in [0.5, 0.6) is 0 Å². The van der Waals surface area contributed by atoms with Gasteiger partial charge in [0.15, 0.2) is 0 Å². The highest BCUT2D eigenvalue weighted by atomic mass is 16.4. The van der Waals surface area contributed by atoms with E-state index >= 15 is 0 Å². The van der Waals surface area contributed by atoms with Gasteiger partial charge in [0.2, 0.25) is 5.82 Å². The molecule has 0 bridgehead atoms. The average molecular weight is 369 g/mol. The van der Waals surface area contributed by atoms with Crippen LogP contribution in [0.25, 0.3) is 11.3 Å². The summed E-state index contributed by atoms with van der Waals surface area (Å²) in [6.45, 7) is 6.65. The molecule has 0 aliphatic carbocycles. The van der Waals surface area contributed by atoms with Gasteiger partial charge in [-0.3, -0.25) is 0 Å². The number of carboxylic acids is 1. The normalized spacial score (nSPS) is 12.1. The Morgan fingerprint density at radius 1 is 1.07 bits per heavy atom. The number of aromatic nitrogens is 2. The SMILES string of the molecule is CCCCCCCc1cnc(C(=O)O)nc1-c1ccccc1C[C@@H](C)CC. The molecule has 1 heterocycles. The zero-order valence-corrected chi connectivity index (χ0v) is 16.9. The molecule has 2 rings (SSSR count). The van der Waals surface area contributed by atoms with Gasteiger partial charge in [0.1, 0.15) is 0 Å². The third-order valence-corrected chi connectivity index (χ3v) is 5.14. The van der Waals surface area contributed by atoms with Crippen molar-refractivity contribution in [3.8, 4) is 11.3 Å². The standard InChI is InChI=1S/C23H32N2O2/c1-4-6-7-8-9-13-19-16-24-22(23(26)27)25-21(19)20-14-11-10-12-18(20)15-17(3)5-2/h10-12,14,16-17H,4-9,13,15H2,1-3H3,(H,26,27)/t17-/m0/s1. The van der Waals surface area contributed by atoms with Crippen LogP contribution >= 0.6 is 0 Å². The quantitative estimate of drug-likeness (QED) is 0.498. The molecule has 1 N–H and O–H groups in total. The molecule has 4 nitrogen and oxygen atoms in total. The van der Waals surface area contributed by atoms with Crippen LogP contribution in [0.3, 0.4) is 0 Å². The lowest BCUT2D eigenvalue weighted by Gasteiger charge is -2.16. The van der Waals surface area contributed by atoms with Gasteiger partial charge in [-0.1, -0.05) is 77.1 Å². The Balaban J connectivity index is 2.35. The highest BCUT2D eigenvalue weighted by Crippen LogP contribution is 2.28. The number of carboxylic acid groups (broad SMARTS) is 1. The van der Waals surface area contributed by atoms with Gasteiger partial charge in [-0.25, -0.2) is 14.8 Å². The summed E-state index contributed by atoms with van der Waals surface area (Å²) in [5.41, 5.74) is 4.12. The average Bonchev–Trinajstić information content (AvgIpc) is 2.68. The maximum Gasteiger partial charge on any atom is 0.373 e. The van der Waals surface area contributed by atoms with Crippen molar-refractivity contribution < 1.29 is 9.90 Å². The Kier molecular flexibility index (Phi) is 8.43. The minimum absolute atomic E-state index is 0.127. The molecule has 0 saturated carbocycles. The molecule has 1 atom stereocenters. The molecule has 1 aromatic heterocycles. The van der Waals surface area contributed by atoms with Crippen LogP contribution < -0.4 is 0 Å². The molecule has 0 saturated heterocycles. The molecule has 0 radical (unpaired) electrons. The number of hydrogen-bond acceptors (Lipinski definition) is 3. The summed E-state index contributed by atoms with van der Waals surface area (Å²) in [5.74, 6) is -0.632. The second kappa shape index (κ2) is 10.8. The number of aryl methyl sites for hydroxylation is 1. The molecular weight excluding hydrogens is 336 g/mol. The number of benzene rings is 1. The van der Waals surface area contributed by atoms with Crippen molar-refractivity contribution in [2.24, 2.45) is 5.92 Å². The fourth-order valence-electron chi connectivity index (χ4n) is 3.29. The van der Waals surface area contributed by atoms with Crippen molar-refractivity contribution in [1.82, 2.24) is 9.97 Å². The second-order valence-electron chi connectivity index (χ2n) is 7.41. The molecule has 0 aliphatic heterocycles. The van der Waals surface area contributed by atoms with Crippen LogP contribution in [0.4, 0.5) is 0 Å². The second-order valence-corrected chi connectivity index (χ2v) is 7.41. The van der Waals surface area contributed by atoms with E-state index in [0.717, 1.165) is 42.5 Å². The number of rotatable bonds is 11. The monoisotopic (exact) mass is 368 g/mol. The van der Waals surface area contributed by atoms with Gasteiger partial charge in [-0.05, 0) is 36.3 Å². The molecule has 0 spiro atoms. The Hall–Kier alpha value is -2.23. The summed E-state index contributed by atoms with van der Waals surface area (Å²) < 4.78 is 0. The number of aromatic carboxylic acids is 1. The summed E-state index contributed by atoms with van der Waals surface area (Å²) in [6, 6.07) is 8.25. The first-order valence-electron chi connectivity index (χ1n) is 10.2. The van der Waals surface area contributed by atoms with Crippen molar-refractivity contribution in [3.05, 3.63) is 47.4 Å². The number of hydrogen-bond donors (Lipinski definition) is 1. The first-order chi connectivity index (χ1) is 13.1. The van der Waals surface area contributed by atoms with Gasteiger partial charge in [0, 0.05) is 11.8 Å². The van der Waals surface area contributed by atoms with Crippen molar-refractivity contribution in [3.63, 3.8) is 0 Å². The lowest BCUT2D eigenvalue weighted by Crippen LogP contribution is -2.09. The maximum absolute atomic E-state index is 11.4. The summed E-state index contributed by atoms with van der Waals surface area (Å²) in [7, 11) is 0. The predicted molar refractivity (Wildman–Crippen MR) is 110 cm³/mol. The highest BCUT2D eigenvalue weighted by Gasteiger charge is 2.16. The Morgan fingerprint density at radius 3 is 2.52 bits per heavy atom. The number of nitrogens with zero attached hydrogens (tertiary/aromatic N) is 2. The Morgan fingerprint density at radius 2 is 1.81 bits per heavy atom. The lowest BCUT2D eigenvalue weighted by atomic mass is 9.92. The first-order valence-corrected chi connectivity index (χ1v) is 10.2. The summed E-state index contributed by atoms with van der Waals surface area (Å²) >= 11 is 0. The van der Waals surface area contributed by atoms with Crippen LogP contribution in [0, 0.1) is 5.92 Å². The van der Waals surface area contributed by atoms with Gasteiger partial charge in [-0.15, -0.1) is 0 Å². The highest BCUT2D eigenvalue weighted by molar-refractivity contribution is 5.84. The van der Waals surface area contributed by atoms with Crippen molar-refractivity contribution >= 4 is 5.97 Å². The molecule has 4 heteroatoms. The van der Waals surface area contributed by atoms with E-state index < -0.39 is 5.97 Å². The van der Waals surface area contributed by atoms with E-state index in [1.807, 2.05) is 12.1 Å². The zero-order chi connectivity index (χ0) is 19.6. The van der Waals surface area contributed by atoms with E-state index in [2.05, 4.69) is 42.9 Å². The summed E-state index contributed by atoms with van der Waals surface area (Å²) in [6.07, 6.45) is 10.7. The predicted octanol–water partition coefficient (Wildman–Crippen LogP) is 5.94. The molecule has 2 aromatic rings. The molecule has 27 heavy (non-hydrogen) atoms.